The van der Waals surface area contributed by atoms with Gasteiger partial charge in [-0.05, 0) is 25.7 Å². The van der Waals surface area contributed by atoms with Crippen molar-refractivity contribution in [1.82, 2.24) is 28.9 Å². The highest BCUT2D eigenvalue weighted by atomic mass is 32.2. The first kappa shape index (κ1) is 19.8. The summed E-state index contributed by atoms with van der Waals surface area (Å²) in [5.74, 6) is 1.47. The van der Waals surface area contributed by atoms with Gasteiger partial charge in [0.15, 0.2) is 5.82 Å². The molecule has 6 rings (SSSR count). The number of urea groups is 1. The Bertz CT molecular complexity index is 1020. The molecule has 170 valence electrons. The zero-order valence-electron chi connectivity index (χ0n) is 16.8. The van der Waals surface area contributed by atoms with E-state index in [4.69, 9.17) is 0 Å². The van der Waals surface area contributed by atoms with Crippen LogP contribution in [0, 0.1) is 10.8 Å². The minimum atomic E-state index is -5.27. The number of halogens is 3. The molecule has 3 aliphatic heterocycles. The van der Waals surface area contributed by atoms with Crippen molar-refractivity contribution in [1.29, 1.82) is 0 Å². The molecule has 2 saturated carbocycles. The summed E-state index contributed by atoms with van der Waals surface area (Å²) in [7, 11) is -5.27. The van der Waals surface area contributed by atoms with Crippen LogP contribution in [0.3, 0.4) is 0 Å². The Morgan fingerprint density at radius 1 is 1.00 bits per heavy atom. The van der Waals surface area contributed by atoms with Gasteiger partial charge in [0.25, 0.3) is 0 Å². The van der Waals surface area contributed by atoms with Crippen LogP contribution in [0.2, 0.25) is 0 Å². The van der Waals surface area contributed by atoms with Gasteiger partial charge in [0.2, 0.25) is 0 Å². The van der Waals surface area contributed by atoms with Crippen LogP contribution in [0.1, 0.15) is 43.5 Å². The maximum Gasteiger partial charge on any atom is 0.511 e. The van der Waals surface area contributed by atoms with E-state index in [1.807, 2.05) is 11.0 Å². The number of carbonyl (C=O) groups excluding carboxylic acids is 1. The SMILES string of the molecule is O=C(N1CC2(CC(n3cnc(C4CC4)n3)C2)C1)N1CC2(C1)CN(S(=O)(=O)C(F)(F)F)C2. The Balaban J connectivity index is 0.962. The highest BCUT2D eigenvalue weighted by Gasteiger charge is 2.63. The van der Waals surface area contributed by atoms with Gasteiger partial charge in [-0.1, -0.05) is 0 Å². The van der Waals surface area contributed by atoms with Gasteiger partial charge in [0.05, 0.1) is 6.04 Å². The van der Waals surface area contributed by atoms with Gasteiger partial charge in [-0.15, -0.1) is 0 Å². The Kier molecular flexibility index (Phi) is 3.77. The predicted octanol–water partition coefficient (Wildman–Crippen LogP) is 1.38. The lowest BCUT2D eigenvalue weighted by Gasteiger charge is -2.63. The molecule has 4 heterocycles. The zero-order valence-corrected chi connectivity index (χ0v) is 17.6. The van der Waals surface area contributed by atoms with Gasteiger partial charge in [0, 0.05) is 56.0 Å². The van der Waals surface area contributed by atoms with Crippen molar-refractivity contribution in [3.8, 4) is 0 Å². The number of sulfonamides is 1. The van der Waals surface area contributed by atoms with Crippen LogP contribution in [0.4, 0.5) is 18.0 Å². The van der Waals surface area contributed by atoms with Crippen LogP contribution in [-0.4, -0.2) is 88.1 Å². The molecule has 5 fully saturated rings. The van der Waals surface area contributed by atoms with E-state index in [0.29, 0.717) is 42.4 Å². The Morgan fingerprint density at radius 3 is 2.13 bits per heavy atom. The number of alkyl halides is 3. The second kappa shape index (κ2) is 5.91. The van der Waals surface area contributed by atoms with Crippen molar-refractivity contribution in [3.05, 3.63) is 12.2 Å². The lowest BCUT2D eigenvalue weighted by molar-refractivity contribution is -0.106. The van der Waals surface area contributed by atoms with Gasteiger partial charge < -0.3 is 9.80 Å². The van der Waals surface area contributed by atoms with E-state index in [1.54, 1.807) is 9.80 Å². The monoisotopic (exact) mass is 460 g/mol. The molecule has 0 atom stereocenters. The van der Waals surface area contributed by atoms with Crippen LogP contribution in [0.5, 0.6) is 0 Å². The largest absolute Gasteiger partial charge is 0.511 e. The predicted molar refractivity (Wildman–Crippen MR) is 100 cm³/mol. The number of likely N-dealkylation sites (tertiary alicyclic amines) is 2. The molecule has 2 spiro atoms. The lowest BCUT2D eigenvalue weighted by atomic mass is 9.60. The molecule has 0 bridgehead atoms. The number of hydrogen-bond acceptors (Lipinski definition) is 5. The van der Waals surface area contributed by atoms with Crippen molar-refractivity contribution in [2.24, 2.45) is 10.8 Å². The highest BCUT2D eigenvalue weighted by molar-refractivity contribution is 7.90. The topological polar surface area (TPSA) is 91.6 Å². The molecular weight excluding hydrogens is 437 g/mol. The van der Waals surface area contributed by atoms with E-state index in [0.717, 1.165) is 18.7 Å². The van der Waals surface area contributed by atoms with Crippen molar-refractivity contribution in [3.63, 3.8) is 0 Å². The molecular formula is C18H23F3N6O3S. The summed E-state index contributed by atoms with van der Waals surface area (Å²) in [6.45, 7) is 1.64. The Labute approximate surface area is 177 Å². The molecule has 9 nitrogen and oxygen atoms in total. The lowest BCUT2D eigenvalue weighted by Crippen LogP contribution is -2.76. The van der Waals surface area contributed by atoms with E-state index in [1.165, 1.54) is 12.8 Å². The summed E-state index contributed by atoms with van der Waals surface area (Å²) in [6.07, 6.45) is 6.09. The standard InChI is InChI=1S/C18H23F3N6O3S/c19-18(20,21)31(29,30)26-9-17(10-26)7-25(8-17)15(28)24-5-16(6-24)3-13(4-16)27-11-22-14(23-27)12-1-2-12/h11-13H,1-10H2. The first-order valence-corrected chi connectivity index (χ1v) is 11.9. The van der Waals surface area contributed by atoms with Crippen molar-refractivity contribution in [2.75, 3.05) is 39.3 Å². The summed E-state index contributed by atoms with van der Waals surface area (Å²) >= 11 is 0. The average molecular weight is 460 g/mol. The molecule has 0 N–H and O–H groups in total. The molecule has 31 heavy (non-hydrogen) atoms. The fourth-order valence-corrected chi connectivity index (χ4v) is 6.77. The van der Waals surface area contributed by atoms with Crippen molar-refractivity contribution < 1.29 is 26.4 Å². The highest BCUT2D eigenvalue weighted by Crippen LogP contribution is 2.55. The number of carbonyl (C=O) groups is 1. The van der Waals surface area contributed by atoms with Crippen molar-refractivity contribution in [2.45, 2.75) is 43.2 Å². The number of amides is 2. The minimum Gasteiger partial charge on any atom is -0.323 e. The van der Waals surface area contributed by atoms with E-state index in [-0.39, 0.29) is 24.5 Å². The third-order valence-electron chi connectivity index (χ3n) is 7.48. The molecule has 0 aromatic carbocycles. The Morgan fingerprint density at radius 2 is 1.58 bits per heavy atom. The van der Waals surface area contributed by atoms with Crippen LogP contribution in [-0.2, 0) is 10.0 Å². The van der Waals surface area contributed by atoms with Gasteiger partial charge in [0.1, 0.15) is 6.33 Å². The summed E-state index contributed by atoms with van der Waals surface area (Å²) in [4.78, 5) is 20.4. The molecule has 5 aliphatic rings. The van der Waals surface area contributed by atoms with E-state index in [9.17, 15) is 26.4 Å². The number of rotatable bonds is 3. The second-order valence-corrected chi connectivity index (χ2v) is 12.1. The van der Waals surface area contributed by atoms with Gasteiger partial charge in [-0.2, -0.15) is 22.6 Å². The maximum atomic E-state index is 12.7. The third kappa shape index (κ3) is 2.91. The van der Waals surface area contributed by atoms with E-state index < -0.39 is 20.9 Å². The smallest absolute Gasteiger partial charge is 0.323 e. The second-order valence-electron chi connectivity index (χ2n) is 10.1. The van der Waals surface area contributed by atoms with E-state index in [2.05, 4.69) is 10.1 Å². The number of nitrogens with zero attached hydrogens (tertiary/aromatic N) is 6. The number of hydrogen-bond donors (Lipinski definition) is 0. The van der Waals surface area contributed by atoms with Crippen LogP contribution < -0.4 is 0 Å². The maximum absolute atomic E-state index is 12.7. The summed E-state index contributed by atoms with van der Waals surface area (Å²) < 4.78 is 63.1. The first-order chi connectivity index (χ1) is 14.5. The average Bonchev–Trinajstić information content (AvgIpc) is 3.27. The summed E-state index contributed by atoms with van der Waals surface area (Å²) in [6, 6.07) is 0.231. The fourth-order valence-electron chi connectivity index (χ4n) is 5.59. The molecule has 0 unspecified atom stereocenters. The molecule has 1 aromatic heterocycles. The van der Waals surface area contributed by atoms with Crippen LogP contribution in [0.25, 0.3) is 0 Å². The first-order valence-electron chi connectivity index (χ1n) is 10.5. The normalized spacial score (nSPS) is 27.6. The fraction of sp³-hybridized carbons (Fsp3) is 0.833. The van der Waals surface area contributed by atoms with Crippen LogP contribution >= 0.6 is 0 Å². The van der Waals surface area contributed by atoms with Gasteiger partial charge in [-0.3, -0.25) is 0 Å². The molecule has 1 aromatic rings. The molecule has 3 saturated heterocycles. The molecule has 0 radical (unpaired) electrons. The van der Waals surface area contributed by atoms with Crippen molar-refractivity contribution >= 4 is 16.1 Å². The third-order valence-corrected chi connectivity index (χ3v) is 9.01. The van der Waals surface area contributed by atoms with Gasteiger partial charge in [-0.25, -0.2) is 22.9 Å². The van der Waals surface area contributed by atoms with Gasteiger partial charge >= 0.3 is 21.6 Å². The minimum absolute atomic E-state index is 0.103. The molecule has 2 aliphatic carbocycles. The molecule has 13 heteroatoms. The number of aromatic nitrogens is 3. The quantitative estimate of drug-likeness (QED) is 0.680. The van der Waals surface area contributed by atoms with Crippen LogP contribution in [0.15, 0.2) is 6.33 Å². The Hall–Kier alpha value is -1.89. The summed E-state index contributed by atoms with van der Waals surface area (Å²) in [5, 5.41) is 4.59. The summed E-state index contributed by atoms with van der Waals surface area (Å²) in [5.41, 5.74) is -5.65. The zero-order chi connectivity index (χ0) is 21.8. The van der Waals surface area contributed by atoms with E-state index >= 15 is 0 Å². The molecule has 2 amide bonds.